The van der Waals surface area contributed by atoms with Gasteiger partial charge in [-0.25, -0.2) is 0 Å². The van der Waals surface area contributed by atoms with Gasteiger partial charge in [0.15, 0.2) is 0 Å². The van der Waals surface area contributed by atoms with Crippen molar-refractivity contribution in [1.29, 1.82) is 0 Å². The molecular formula is C19H12ClI2NO3. The number of halogens is 3. The first-order valence-corrected chi connectivity index (χ1v) is 9.99. The van der Waals surface area contributed by atoms with Crippen molar-refractivity contribution < 1.29 is 14.6 Å². The Hall–Kier alpha value is -1.52. The van der Waals surface area contributed by atoms with Crippen LogP contribution >= 0.6 is 56.8 Å². The lowest BCUT2D eigenvalue weighted by atomic mass is 10.2. The molecule has 0 aliphatic rings. The molecule has 0 bridgehead atoms. The molecule has 0 saturated carbocycles. The Morgan fingerprint density at radius 2 is 1.73 bits per heavy atom. The number of phenols is 1. The van der Waals surface area contributed by atoms with E-state index in [0.29, 0.717) is 25.8 Å². The van der Waals surface area contributed by atoms with E-state index in [1.54, 1.807) is 48.5 Å². The number of anilines is 1. The predicted octanol–water partition coefficient (Wildman–Crippen LogP) is 6.30. The maximum Gasteiger partial charge on any atom is 0.259 e. The van der Waals surface area contributed by atoms with Crippen LogP contribution in [-0.2, 0) is 0 Å². The van der Waals surface area contributed by atoms with E-state index in [0.717, 1.165) is 3.57 Å². The first kappa shape index (κ1) is 19.2. The van der Waals surface area contributed by atoms with E-state index in [1.807, 2.05) is 34.7 Å². The molecule has 0 saturated heterocycles. The number of benzene rings is 3. The monoisotopic (exact) mass is 591 g/mol. The van der Waals surface area contributed by atoms with E-state index >= 15 is 0 Å². The van der Waals surface area contributed by atoms with Gasteiger partial charge in [0.1, 0.15) is 17.2 Å². The van der Waals surface area contributed by atoms with Gasteiger partial charge >= 0.3 is 0 Å². The molecule has 0 radical (unpaired) electrons. The maximum absolute atomic E-state index is 12.4. The Balaban J connectivity index is 1.73. The topological polar surface area (TPSA) is 58.6 Å². The van der Waals surface area contributed by atoms with Crippen LogP contribution in [0.2, 0.25) is 5.02 Å². The molecule has 3 aromatic carbocycles. The van der Waals surface area contributed by atoms with Crippen molar-refractivity contribution in [3.8, 4) is 17.2 Å². The van der Waals surface area contributed by atoms with E-state index in [9.17, 15) is 9.90 Å². The van der Waals surface area contributed by atoms with Gasteiger partial charge in [-0.15, -0.1) is 0 Å². The molecule has 0 fully saturated rings. The molecule has 0 heterocycles. The number of amides is 1. The summed E-state index contributed by atoms with van der Waals surface area (Å²) < 4.78 is 7.22. The van der Waals surface area contributed by atoms with Crippen LogP contribution in [-0.4, -0.2) is 11.0 Å². The van der Waals surface area contributed by atoms with Gasteiger partial charge < -0.3 is 15.2 Å². The second kappa shape index (κ2) is 8.45. The van der Waals surface area contributed by atoms with Crippen LogP contribution in [0.15, 0.2) is 60.7 Å². The van der Waals surface area contributed by atoms with E-state index in [2.05, 4.69) is 27.9 Å². The number of hydrogen-bond acceptors (Lipinski definition) is 3. The number of hydrogen-bond donors (Lipinski definition) is 2. The average Bonchev–Trinajstić information content (AvgIpc) is 2.61. The van der Waals surface area contributed by atoms with Crippen molar-refractivity contribution in [3.63, 3.8) is 0 Å². The third-order valence-corrected chi connectivity index (χ3v) is 5.21. The first-order chi connectivity index (χ1) is 12.4. The Kier molecular flexibility index (Phi) is 6.25. The summed E-state index contributed by atoms with van der Waals surface area (Å²) in [5, 5.41) is 13.4. The Morgan fingerprint density at radius 1 is 1.04 bits per heavy atom. The standard InChI is InChI=1S/C19H12ClI2NO3/c20-15-3-1-2-4-17(15)26-13-7-5-12(6-8-13)23-19(25)14-9-11(21)10-16(22)18(14)24/h1-10,24H,(H,23,25). The lowest BCUT2D eigenvalue weighted by molar-refractivity contribution is 0.102. The molecule has 0 spiro atoms. The normalized spacial score (nSPS) is 10.4. The molecule has 0 atom stereocenters. The van der Waals surface area contributed by atoms with Crippen LogP contribution in [0.5, 0.6) is 17.2 Å². The third-order valence-electron chi connectivity index (χ3n) is 3.45. The Morgan fingerprint density at radius 3 is 2.42 bits per heavy atom. The Labute approximate surface area is 182 Å². The van der Waals surface area contributed by atoms with E-state index in [-0.39, 0.29) is 17.2 Å². The highest BCUT2D eigenvalue weighted by molar-refractivity contribution is 14.1. The molecule has 3 rings (SSSR count). The SMILES string of the molecule is O=C(Nc1ccc(Oc2ccccc2Cl)cc1)c1cc(I)cc(I)c1O. The van der Waals surface area contributed by atoms with Crippen LogP contribution in [0, 0.1) is 7.14 Å². The van der Waals surface area contributed by atoms with Gasteiger partial charge in [-0.2, -0.15) is 0 Å². The zero-order chi connectivity index (χ0) is 18.7. The van der Waals surface area contributed by atoms with Crippen LogP contribution in [0.25, 0.3) is 0 Å². The summed E-state index contributed by atoms with van der Waals surface area (Å²) in [4.78, 5) is 12.4. The summed E-state index contributed by atoms with van der Waals surface area (Å²) in [6.45, 7) is 0. The second-order valence-electron chi connectivity index (χ2n) is 5.29. The van der Waals surface area contributed by atoms with Crippen molar-refractivity contribution in [1.82, 2.24) is 0 Å². The van der Waals surface area contributed by atoms with E-state index in [1.165, 1.54) is 0 Å². The lowest BCUT2D eigenvalue weighted by Crippen LogP contribution is -2.12. The molecule has 132 valence electrons. The molecular weight excluding hydrogens is 579 g/mol. The minimum atomic E-state index is -0.376. The molecule has 7 heteroatoms. The highest BCUT2D eigenvalue weighted by Gasteiger charge is 2.15. The van der Waals surface area contributed by atoms with E-state index in [4.69, 9.17) is 16.3 Å². The van der Waals surface area contributed by atoms with Crippen molar-refractivity contribution in [2.24, 2.45) is 0 Å². The smallest absolute Gasteiger partial charge is 0.259 e. The highest BCUT2D eigenvalue weighted by Crippen LogP contribution is 2.30. The van der Waals surface area contributed by atoms with E-state index < -0.39 is 0 Å². The van der Waals surface area contributed by atoms with Crippen molar-refractivity contribution in [2.45, 2.75) is 0 Å². The van der Waals surface area contributed by atoms with Crippen molar-refractivity contribution in [3.05, 3.63) is 78.4 Å². The number of carbonyl (C=O) groups excluding carboxylic acids is 1. The summed E-state index contributed by atoms with van der Waals surface area (Å²) in [5.74, 6) is 0.757. The molecule has 2 N–H and O–H groups in total. The van der Waals surface area contributed by atoms with Gasteiger partial charge in [-0.3, -0.25) is 4.79 Å². The molecule has 4 nitrogen and oxygen atoms in total. The molecule has 0 aliphatic heterocycles. The number of nitrogens with one attached hydrogen (secondary N) is 1. The number of aromatic hydroxyl groups is 1. The molecule has 0 aromatic heterocycles. The number of ether oxygens (including phenoxy) is 1. The minimum Gasteiger partial charge on any atom is -0.506 e. The number of para-hydroxylation sites is 1. The van der Waals surface area contributed by atoms with Gasteiger partial charge in [0.25, 0.3) is 5.91 Å². The molecule has 3 aromatic rings. The largest absolute Gasteiger partial charge is 0.506 e. The van der Waals surface area contributed by atoms with Crippen LogP contribution in [0.1, 0.15) is 10.4 Å². The second-order valence-corrected chi connectivity index (χ2v) is 8.11. The highest BCUT2D eigenvalue weighted by atomic mass is 127. The van der Waals surface area contributed by atoms with Crippen molar-refractivity contribution >= 4 is 68.4 Å². The fourth-order valence-corrected chi connectivity index (χ4v) is 4.22. The van der Waals surface area contributed by atoms with Gasteiger partial charge in [-0.05, 0) is 93.7 Å². The Bertz CT molecular complexity index is 961. The van der Waals surface area contributed by atoms with Gasteiger partial charge in [0, 0.05) is 9.26 Å². The number of phenolic OH excluding ortho intramolecular Hbond substituents is 1. The fourth-order valence-electron chi connectivity index (χ4n) is 2.20. The van der Waals surface area contributed by atoms with Gasteiger partial charge in [0.2, 0.25) is 0 Å². The molecule has 1 amide bonds. The maximum atomic E-state index is 12.4. The summed E-state index contributed by atoms with van der Waals surface area (Å²) in [7, 11) is 0. The molecule has 26 heavy (non-hydrogen) atoms. The summed E-state index contributed by atoms with van der Waals surface area (Å²) in [6.07, 6.45) is 0. The molecule has 0 aliphatic carbocycles. The first-order valence-electron chi connectivity index (χ1n) is 7.46. The zero-order valence-corrected chi connectivity index (χ0v) is 18.2. The van der Waals surface area contributed by atoms with Gasteiger partial charge in [0.05, 0.1) is 14.2 Å². The van der Waals surface area contributed by atoms with Crippen LogP contribution in [0.4, 0.5) is 5.69 Å². The minimum absolute atomic E-state index is 0.0258. The summed E-state index contributed by atoms with van der Waals surface area (Å²) in [5.41, 5.74) is 0.826. The average molecular weight is 592 g/mol. The predicted molar refractivity (Wildman–Crippen MR) is 119 cm³/mol. The summed E-state index contributed by atoms with van der Waals surface area (Å²) in [6, 6.07) is 17.5. The quantitative estimate of drug-likeness (QED) is 0.351. The zero-order valence-electron chi connectivity index (χ0n) is 13.2. The molecule has 0 unspecified atom stereocenters. The number of carbonyl (C=O) groups is 1. The van der Waals surface area contributed by atoms with Crippen LogP contribution < -0.4 is 10.1 Å². The third kappa shape index (κ3) is 4.60. The fraction of sp³-hybridized carbons (Fsp3) is 0. The van der Waals surface area contributed by atoms with Crippen LogP contribution in [0.3, 0.4) is 0 Å². The number of rotatable bonds is 4. The van der Waals surface area contributed by atoms with Gasteiger partial charge in [-0.1, -0.05) is 23.7 Å². The summed E-state index contributed by atoms with van der Waals surface area (Å²) >= 11 is 10.2. The van der Waals surface area contributed by atoms with Crippen molar-refractivity contribution in [2.75, 3.05) is 5.32 Å². The lowest BCUT2D eigenvalue weighted by Gasteiger charge is -2.10.